The molecule has 3 N–H and O–H groups in total. The smallest absolute Gasteiger partial charge is 0.255 e. The highest BCUT2D eigenvalue weighted by Crippen LogP contribution is 2.22. The molecule has 0 aliphatic heterocycles. The van der Waals surface area contributed by atoms with Gasteiger partial charge in [0.1, 0.15) is 17.3 Å². The zero-order valence-electron chi connectivity index (χ0n) is 17.4. The zero-order valence-corrected chi connectivity index (χ0v) is 17.4. The van der Waals surface area contributed by atoms with E-state index >= 15 is 0 Å². The van der Waals surface area contributed by atoms with Crippen LogP contribution in [-0.4, -0.2) is 18.0 Å². The van der Waals surface area contributed by atoms with Crippen molar-refractivity contribution < 1.29 is 14.3 Å². The zero-order chi connectivity index (χ0) is 21.3. The minimum absolute atomic E-state index is 0.191. The Bertz CT molecular complexity index is 970. The summed E-state index contributed by atoms with van der Waals surface area (Å²) in [5, 5.41) is 2.86. The van der Waals surface area contributed by atoms with Gasteiger partial charge in [0, 0.05) is 13.7 Å². The Kier molecular flexibility index (Phi) is 7.40. The lowest BCUT2D eigenvalue weighted by Gasteiger charge is -2.10. The van der Waals surface area contributed by atoms with Crippen LogP contribution in [0, 0.1) is 0 Å². The summed E-state index contributed by atoms with van der Waals surface area (Å²) < 4.78 is 10.9. The third-order valence-electron chi connectivity index (χ3n) is 4.59. The first-order chi connectivity index (χ1) is 14.6. The quantitative estimate of drug-likeness (QED) is 0.548. The van der Waals surface area contributed by atoms with E-state index in [0.717, 1.165) is 29.9 Å². The maximum atomic E-state index is 12.4. The normalized spacial score (nSPS) is 10.6. The highest BCUT2D eigenvalue weighted by Gasteiger charge is 2.11. The molecule has 1 amide bonds. The van der Waals surface area contributed by atoms with Crippen LogP contribution >= 0.6 is 0 Å². The summed E-state index contributed by atoms with van der Waals surface area (Å²) >= 11 is 0. The summed E-state index contributed by atoms with van der Waals surface area (Å²) in [6.45, 7) is 2.90. The molecule has 0 unspecified atom stereocenters. The molecule has 3 aromatic rings. The van der Waals surface area contributed by atoms with Crippen LogP contribution in [-0.2, 0) is 24.3 Å². The molecule has 0 saturated carbocycles. The summed E-state index contributed by atoms with van der Waals surface area (Å²) in [7, 11) is 1.58. The second-order valence-corrected chi connectivity index (χ2v) is 6.99. The summed E-state index contributed by atoms with van der Waals surface area (Å²) in [5.41, 5.74) is 9.19. The molecule has 6 heteroatoms. The molecule has 0 fully saturated rings. The molecule has 1 aromatic heterocycles. The molecule has 0 aliphatic carbocycles. The van der Waals surface area contributed by atoms with E-state index in [1.165, 1.54) is 5.56 Å². The molecule has 3 rings (SSSR count). The molecule has 0 bridgehead atoms. The summed E-state index contributed by atoms with van der Waals surface area (Å²) in [5.74, 6) is 1.47. The van der Waals surface area contributed by atoms with E-state index in [9.17, 15) is 4.79 Å². The molecular formula is C24H27N3O3. The fourth-order valence-electron chi connectivity index (χ4n) is 3.04. The van der Waals surface area contributed by atoms with Crippen LogP contribution in [0.5, 0.6) is 11.5 Å². The van der Waals surface area contributed by atoms with Crippen molar-refractivity contribution in [2.45, 2.75) is 32.9 Å². The van der Waals surface area contributed by atoms with Crippen LogP contribution in [0.15, 0.2) is 60.7 Å². The SMILES string of the molecule is CCCc1ccc(Oc2ccc(CNC(=O)c3ccc(COC)nc3N)cc2)cc1. The van der Waals surface area contributed by atoms with Gasteiger partial charge in [0.25, 0.3) is 5.91 Å². The lowest BCUT2D eigenvalue weighted by atomic mass is 10.1. The van der Waals surface area contributed by atoms with Gasteiger partial charge in [0.15, 0.2) is 0 Å². The number of nitrogens with two attached hydrogens (primary N) is 1. The van der Waals surface area contributed by atoms with Crippen molar-refractivity contribution in [1.82, 2.24) is 10.3 Å². The molecule has 0 saturated heterocycles. The van der Waals surface area contributed by atoms with E-state index in [1.807, 2.05) is 36.4 Å². The van der Waals surface area contributed by atoms with Crippen molar-refractivity contribution >= 4 is 11.7 Å². The van der Waals surface area contributed by atoms with Gasteiger partial charge < -0.3 is 20.5 Å². The van der Waals surface area contributed by atoms with Crippen molar-refractivity contribution in [1.29, 1.82) is 0 Å². The van der Waals surface area contributed by atoms with Crippen LogP contribution in [0.25, 0.3) is 0 Å². The van der Waals surface area contributed by atoms with Crippen molar-refractivity contribution in [2.24, 2.45) is 0 Å². The molecular weight excluding hydrogens is 378 g/mol. The van der Waals surface area contributed by atoms with Crippen LogP contribution in [0.1, 0.15) is 40.5 Å². The Hall–Kier alpha value is -3.38. The number of nitrogens with one attached hydrogen (secondary N) is 1. The van der Waals surface area contributed by atoms with Gasteiger partial charge >= 0.3 is 0 Å². The maximum absolute atomic E-state index is 12.4. The van der Waals surface area contributed by atoms with E-state index in [2.05, 4.69) is 29.4 Å². The van der Waals surface area contributed by atoms with E-state index in [4.69, 9.17) is 15.2 Å². The lowest BCUT2D eigenvalue weighted by Crippen LogP contribution is -2.24. The molecule has 2 aromatic carbocycles. The number of hydrogen-bond acceptors (Lipinski definition) is 5. The molecule has 6 nitrogen and oxygen atoms in total. The number of hydrogen-bond donors (Lipinski definition) is 2. The van der Waals surface area contributed by atoms with E-state index in [-0.39, 0.29) is 11.7 Å². The second-order valence-electron chi connectivity index (χ2n) is 6.99. The molecule has 0 spiro atoms. The van der Waals surface area contributed by atoms with Crippen LogP contribution < -0.4 is 15.8 Å². The third kappa shape index (κ3) is 5.81. The standard InChI is InChI=1S/C24H27N3O3/c1-3-4-17-5-10-20(11-6-17)30-21-12-7-18(8-13-21)15-26-24(28)22-14-9-19(16-29-2)27-23(22)25/h5-14H,3-4,15-16H2,1-2H3,(H2,25,27)(H,26,28). The number of amides is 1. The number of methoxy groups -OCH3 is 1. The molecule has 0 atom stereocenters. The van der Waals surface area contributed by atoms with Gasteiger partial charge in [-0.25, -0.2) is 4.98 Å². The Labute approximate surface area is 177 Å². The first-order valence-corrected chi connectivity index (χ1v) is 9.97. The predicted molar refractivity (Wildman–Crippen MR) is 117 cm³/mol. The third-order valence-corrected chi connectivity index (χ3v) is 4.59. The number of nitrogen functional groups attached to an aromatic ring is 1. The average molecular weight is 405 g/mol. The highest BCUT2D eigenvalue weighted by atomic mass is 16.5. The fraction of sp³-hybridized carbons (Fsp3) is 0.250. The Balaban J connectivity index is 1.54. The van der Waals surface area contributed by atoms with Crippen molar-refractivity contribution in [2.75, 3.05) is 12.8 Å². The van der Waals surface area contributed by atoms with Gasteiger partial charge in [-0.15, -0.1) is 0 Å². The highest BCUT2D eigenvalue weighted by molar-refractivity contribution is 5.98. The van der Waals surface area contributed by atoms with Crippen molar-refractivity contribution in [3.63, 3.8) is 0 Å². The first kappa shape index (κ1) is 21.3. The van der Waals surface area contributed by atoms with Gasteiger partial charge in [0.2, 0.25) is 0 Å². The van der Waals surface area contributed by atoms with Gasteiger partial charge in [-0.1, -0.05) is 37.6 Å². The van der Waals surface area contributed by atoms with Gasteiger partial charge in [-0.05, 0) is 53.9 Å². The summed E-state index contributed by atoms with van der Waals surface area (Å²) in [4.78, 5) is 16.6. The number of rotatable bonds is 9. The molecule has 1 heterocycles. The predicted octanol–water partition coefficient (Wildman–Crippen LogP) is 4.49. The first-order valence-electron chi connectivity index (χ1n) is 9.97. The van der Waals surface area contributed by atoms with Crippen LogP contribution in [0.3, 0.4) is 0 Å². The van der Waals surface area contributed by atoms with Gasteiger partial charge in [-0.2, -0.15) is 0 Å². The summed E-state index contributed by atoms with van der Waals surface area (Å²) in [6.07, 6.45) is 2.19. The van der Waals surface area contributed by atoms with Crippen molar-refractivity contribution in [3.05, 3.63) is 83.0 Å². The number of ether oxygens (including phenoxy) is 2. The number of anilines is 1. The van der Waals surface area contributed by atoms with Crippen molar-refractivity contribution in [3.8, 4) is 11.5 Å². The van der Waals surface area contributed by atoms with Crippen LogP contribution in [0.2, 0.25) is 0 Å². The number of pyridine rings is 1. The number of carbonyl (C=O) groups is 1. The number of aryl methyl sites for hydroxylation is 1. The Morgan fingerprint density at radius 2 is 1.60 bits per heavy atom. The van der Waals surface area contributed by atoms with Gasteiger partial charge in [-0.3, -0.25) is 4.79 Å². The monoisotopic (exact) mass is 405 g/mol. The molecule has 0 aliphatic rings. The topological polar surface area (TPSA) is 86.5 Å². The largest absolute Gasteiger partial charge is 0.457 e. The fourth-order valence-corrected chi connectivity index (χ4v) is 3.04. The van der Waals surface area contributed by atoms with Crippen LogP contribution in [0.4, 0.5) is 5.82 Å². The second kappa shape index (κ2) is 10.4. The summed E-state index contributed by atoms with van der Waals surface area (Å²) in [6, 6.07) is 19.1. The van der Waals surface area contributed by atoms with E-state index in [0.29, 0.717) is 24.4 Å². The number of nitrogens with zero attached hydrogens (tertiary/aromatic N) is 1. The molecule has 30 heavy (non-hydrogen) atoms. The Morgan fingerprint density at radius 3 is 2.17 bits per heavy atom. The van der Waals surface area contributed by atoms with E-state index < -0.39 is 0 Å². The minimum Gasteiger partial charge on any atom is -0.457 e. The molecule has 0 radical (unpaired) electrons. The maximum Gasteiger partial charge on any atom is 0.255 e. The van der Waals surface area contributed by atoms with Gasteiger partial charge in [0.05, 0.1) is 17.9 Å². The minimum atomic E-state index is -0.267. The van der Waals surface area contributed by atoms with E-state index in [1.54, 1.807) is 19.2 Å². The lowest BCUT2D eigenvalue weighted by molar-refractivity contribution is 0.0951. The Morgan fingerprint density at radius 1 is 0.967 bits per heavy atom. The number of carbonyl (C=O) groups excluding carboxylic acids is 1. The number of aromatic nitrogens is 1. The molecule has 156 valence electrons. The number of benzene rings is 2. The average Bonchev–Trinajstić information content (AvgIpc) is 2.75.